The van der Waals surface area contributed by atoms with Gasteiger partial charge in [0.05, 0.1) is 36.0 Å². The Hall–Kier alpha value is -3.31. The molecule has 0 amide bonds. The van der Waals surface area contributed by atoms with Gasteiger partial charge in [-0.15, -0.1) is 0 Å². The molecular weight excluding hydrogens is 482 g/mol. The third kappa shape index (κ3) is 4.61. The fourth-order valence-electron chi connectivity index (χ4n) is 5.22. The first-order valence-corrected chi connectivity index (χ1v) is 12.2. The third-order valence-electron chi connectivity index (χ3n) is 7.39. The molecule has 1 saturated heterocycles. The second-order valence-electron chi connectivity index (χ2n) is 9.53. The maximum atomic E-state index is 13.1. The number of nitrogens with two attached hydrogens (primary N) is 1. The van der Waals surface area contributed by atoms with Crippen LogP contribution in [-0.4, -0.2) is 76.3 Å². The summed E-state index contributed by atoms with van der Waals surface area (Å²) in [5.41, 5.74) is 5.84. The van der Waals surface area contributed by atoms with E-state index < -0.39 is 30.2 Å². The molecule has 3 aliphatic rings. The molecule has 37 heavy (non-hydrogen) atoms. The highest BCUT2D eigenvalue weighted by Gasteiger charge is 2.41. The van der Waals surface area contributed by atoms with Crippen molar-refractivity contribution in [3.63, 3.8) is 0 Å². The topological polar surface area (TPSA) is 177 Å². The first-order chi connectivity index (χ1) is 17.6. The number of Topliss-reactive ketones (excluding diaryl/α,β-unsaturated/α-hetero) is 1. The predicted molar refractivity (Wildman–Crippen MR) is 131 cm³/mol. The first kappa shape index (κ1) is 26.7. The number of ketones is 3. The fraction of sp³-hybridized carbons (Fsp3) is 0.444. The standard InChI is InChI=1S/C21H18O7.C6H13NO2/c1-28-14-4-2-3-11-15(14)21(27)17-16(19(11)25)20(26)12-7-9(13(23)8-22)5-6-10(12)18(17)24;1-4-6(8)5(7)2-3-9-4/h2-4,9,22,24,26H,5-8H2,1H3;4-6,8H,2-3,7H2,1H3. The van der Waals surface area contributed by atoms with Crippen LogP contribution in [0.3, 0.4) is 0 Å². The smallest absolute Gasteiger partial charge is 0.202 e. The minimum Gasteiger partial charge on any atom is -0.507 e. The number of carbonyl (C=O) groups is 3. The Morgan fingerprint density at radius 3 is 2.38 bits per heavy atom. The van der Waals surface area contributed by atoms with Gasteiger partial charge in [0.1, 0.15) is 23.9 Å². The van der Waals surface area contributed by atoms with E-state index in [9.17, 15) is 29.7 Å². The molecule has 1 fully saturated rings. The molecule has 1 heterocycles. The van der Waals surface area contributed by atoms with Gasteiger partial charge in [0.15, 0.2) is 11.6 Å². The van der Waals surface area contributed by atoms with Gasteiger partial charge >= 0.3 is 0 Å². The summed E-state index contributed by atoms with van der Waals surface area (Å²) >= 11 is 0. The largest absolute Gasteiger partial charge is 0.507 e. The Morgan fingerprint density at radius 2 is 1.76 bits per heavy atom. The molecule has 10 heteroatoms. The predicted octanol–water partition coefficient (Wildman–Crippen LogP) is 1.03. The molecule has 0 bridgehead atoms. The average Bonchev–Trinajstić information content (AvgIpc) is 2.91. The second kappa shape index (κ2) is 10.6. The van der Waals surface area contributed by atoms with Crippen molar-refractivity contribution in [1.82, 2.24) is 0 Å². The highest BCUT2D eigenvalue weighted by Crippen LogP contribution is 2.47. The molecule has 4 atom stereocenters. The van der Waals surface area contributed by atoms with Gasteiger partial charge in [0.2, 0.25) is 5.78 Å². The van der Waals surface area contributed by atoms with Crippen LogP contribution < -0.4 is 10.5 Å². The van der Waals surface area contributed by atoms with E-state index in [1.165, 1.54) is 13.2 Å². The van der Waals surface area contributed by atoms with Crippen molar-refractivity contribution in [2.24, 2.45) is 11.7 Å². The van der Waals surface area contributed by atoms with Crippen LogP contribution >= 0.6 is 0 Å². The molecular formula is C27H31NO9. The molecule has 0 aromatic heterocycles. The lowest BCUT2D eigenvalue weighted by molar-refractivity contribution is -0.126. The first-order valence-electron chi connectivity index (χ1n) is 12.2. The SMILES string of the molecule is CC1OCCC(N)C1O.COc1cccc2c1C(=O)c1c(O)c3c(c(O)c1C2=O)CC(C(=O)CO)CC3. The summed E-state index contributed by atoms with van der Waals surface area (Å²) in [6.45, 7) is 1.91. The number of methoxy groups -OCH3 is 1. The molecule has 2 aromatic carbocycles. The van der Waals surface area contributed by atoms with E-state index in [0.717, 1.165) is 6.42 Å². The number of carbonyl (C=O) groups excluding carboxylic acids is 3. The van der Waals surface area contributed by atoms with Crippen molar-refractivity contribution in [3.05, 3.63) is 51.6 Å². The molecule has 10 nitrogen and oxygen atoms in total. The van der Waals surface area contributed by atoms with E-state index >= 15 is 0 Å². The summed E-state index contributed by atoms with van der Waals surface area (Å²) in [6.07, 6.45) is 0.922. The Balaban J connectivity index is 0.000000301. The number of phenols is 2. The molecule has 4 unspecified atom stereocenters. The number of phenolic OH excluding ortho intramolecular Hbond substituents is 2. The highest BCUT2D eigenvalue weighted by atomic mass is 16.5. The molecule has 2 aliphatic carbocycles. The number of benzene rings is 2. The number of aliphatic hydroxyl groups excluding tert-OH is 2. The van der Waals surface area contributed by atoms with Crippen molar-refractivity contribution >= 4 is 17.3 Å². The molecule has 6 N–H and O–H groups in total. The Morgan fingerprint density at radius 1 is 1.08 bits per heavy atom. The van der Waals surface area contributed by atoms with Gasteiger partial charge in [-0.25, -0.2) is 0 Å². The Bertz CT molecular complexity index is 1250. The summed E-state index contributed by atoms with van der Waals surface area (Å²) < 4.78 is 10.3. The fourth-order valence-corrected chi connectivity index (χ4v) is 5.22. The van der Waals surface area contributed by atoms with Gasteiger partial charge in [-0.3, -0.25) is 14.4 Å². The number of aliphatic hydroxyl groups is 2. The van der Waals surface area contributed by atoms with Gasteiger partial charge in [0.25, 0.3) is 0 Å². The van der Waals surface area contributed by atoms with Crippen LogP contribution in [0.25, 0.3) is 0 Å². The zero-order chi connectivity index (χ0) is 27.0. The van der Waals surface area contributed by atoms with E-state index in [-0.39, 0.29) is 75.8 Å². The number of fused-ring (bicyclic) bond motifs is 3. The molecule has 0 spiro atoms. The van der Waals surface area contributed by atoms with Crippen LogP contribution in [0.1, 0.15) is 62.7 Å². The van der Waals surface area contributed by atoms with E-state index in [1.807, 2.05) is 6.92 Å². The zero-order valence-electron chi connectivity index (χ0n) is 20.7. The van der Waals surface area contributed by atoms with Crippen molar-refractivity contribution in [3.8, 4) is 17.2 Å². The minimum absolute atomic E-state index is 0.0568. The van der Waals surface area contributed by atoms with Crippen molar-refractivity contribution in [2.75, 3.05) is 20.3 Å². The normalized spacial score (nSPS) is 24.2. The Labute approximate surface area is 213 Å². The average molecular weight is 514 g/mol. The maximum Gasteiger partial charge on any atom is 0.202 e. The van der Waals surface area contributed by atoms with Crippen LogP contribution in [0.2, 0.25) is 0 Å². The molecule has 1 aliphatic heterocycles. The number of aromatic hydroxyl groups is 2. The third-order valence-corrected chi connectivity index (χ3v) is 7.39. The van der Waals surface area contributed by atoms with Crippen LogP contribution in [0.4, 0.5) is 0 Å². The summed E-state index contributed by atoms with van der Waals surface area (Å²) in [4.78, 5) is 38.1. The minimum atomic E-state index is -0.609. The van der Waals surface area contributed by atoms with Crippen molar-refractivity contribution in [2.45, 2.75) is 50.9 Å². The summed E-state index contributed by atoms with van der Waals surface area (Å²) in [7, 11) is 1.38. The van der Waals surface area contributed by atoms with E-state index in [2.05, 4.69) is 0 Å². The van der Waals surface area contributed by atoms with Crippen LogP contribution in [0.15, 0.2) is 18.2 Å². The lowest BCUT2D eigenvalue weighted by Crippen LogP contribution is -2.47. The molecule has 2 aromatic rings. The summed E-state index contributed by atoms with van der Waals surface area (Å²) in [6, 6.07) is 4.50. The van der Waals surface area contributed by atoms with E-state index in [4.69, 9.17) is 20.3 Å². The van der Waals surface area contributed by atoms with Gasteiger partial charge in [0, 0.05) is 35.3 Å². The quantitative estimate of drug-likeness (QED) is 0.318. The van der Waals surface area contributed by atoms with Gasteiger partial charge < -0.3 is 35.6 Å². The number of ether oxygens (including phenoxy) is 2. The van der Waals surface area contributed by atoms with Gasteiger partial charge in [-0.2, -0.15) is 0 Å². The molecule has 198 valence electrons. The van der Waals surface area contributed by atoms with Crippen molar-refractivity contribution in [1.29, 1.82) is 0 Å². The summed E-state index contributed by atoms with van der Waals surface area (Å²) in [5.74, 6) is -2.56. The van der Waals surface area contributed by atoms with E-state index in [0.29, 0.717) is 18.6 Å². The molecule has 5 rings (SSSR count). The van der Waals surface area contributed by atoms with Crippen LogP contribution in [-0.2, 0) is 22.4 Å². The van der Waals surface area contributed by atoms with Gasteiger partial charge in [-0.1, -0.05) is 12.1 Å². The maximum absolute atomic E-state index is 13.1. The number of rotatable bonds is 3. The second-order valence-corrected chi connectivity index (χ2v) is 9.53. The Kier molecular flexibility index (Phi) is 7.65. The van der Waals surface area contributed by atoms with E-state index in [1.54, 1.807) is 12.1 Å². The highest BCUT2D eigenvalue weighted by molar-refractivity contribution is 6.31. The lowest BCUT2D eigenvalue weighted by atomic mass is 9.75. The van der Waals surface area contributed by atoms with Gasteiger partial charge in [-0.05, 0) is 38.7 Å². The zero-order valence-corrected chi connectivity index (χ0v) is 20.7. The summed E-state index contributed by atoms with van der Waals surface area (Å²) in [5, 5.41) is 39.9. The van der Waals surface area contributed by atoms with Crippen LogP contribution in [0.5, 0.6) is 17.2 Å². The molecule has 0 radical (unpaired) electrons. The van der Waals surface area contributed by atoms with Crippen LogP contribution in [0, 0.1) is 5.92 Å². The van der Waals surface area contributed by atoms with Crippen molar-refractivity contribution < 1.29 is 44.3 Å². The number of hydrogen-bond donors (Lipinski definition) is 5. The lowest BCUT2D eigenvalue weighted by Gasteiger charge is -2.30. The monoisotopic (exact) mass is 513 g/mol. The number of hydrogen-bond acceptors (Lipinski definition) is 10. The molecule has 0 saturated carbocycles.